The minimum absolute atomic E-state index is 0.0984. The van der Waals surface area contributed by atoms with Gasteiger partial charge in [0.1, 0.15) is 35.2 Å². The maximum absolute atomic E-state index is 10.2. The predicted molar refractivity (Wildman–Crippen MR) is 191 cm³/mol. The van der Waals surface area contributed by atoms with E-state index < -0.39 is 0 Å². The van der Waals surface area contributed by atoms with Crippen LogP contribution in [0.15, 0.2) is 48.5 Å². The third kappa shape index (κ3) is 8.88. The van der Waals surface area contributed by atoms with Crippen molar-refractivity contribution in [1.29, 1.82) is 0 Å². The Morgan fingerprint density at radius 3 is 1.04 bits per heavy atom. The number of aryl methyl sites for hydroxylation is 8. The maximum Gasteiger partial charge on any atom is 0.125 e. The summed E-state index contributed by atoms with van der Waals surface area (Å²) in [5.41, 5.74) is 12.1. The van der Waals surface area contributed by atoms with E-state index in [1.54, 1.807) is 0 Å². The normalized spacial score (nSPS) is 13.3. The SMILES string of the molecule is Cc1cc(-c2cc(C)c(OC(C)COCC(C)OCC(C)Oc3c(C)cc(-c4cc(C)c(O)c(C)c4)cc3C)c(C)c2)cc(C)c1O. The molecule has 0 aromatic heterocycles. The molecule has 4 aromatic rings. The van der Waals surface area contributed by atoms with Gasteiger partial charge in [0.15, 0.2) is 0 Å². The molecule has 4 aromatic carbocycles. The zero-order valence-electron chi connectivity index (χ0n) is 30.0. The first kappa shape index (κ1) is 35.8. The van der Waals surface area contributed by atoms with Crippen LogP contribution in [0.3, 0.4) is 0 Å². The van der Waals surface area contributed by atoms with Crippen LogP contribution < -0.4 is 9.47 Å². The van der Waals surface area contributed by atoms with Crippen molar-refractivity contribution >= 4 is 0 Å². The van der Waals surface area contributed by atoms with Crippen molar-refractivity contribution in [3.8, 4) is 45.3 Å². The number of benzene rings is 4. The molecule has 0 fully saturated rings. The minimum Gasteiger partial charge on any atom is -0.507 e. The summed E-state index contributed by atoms with van der Waals surface area (Å²) in [6, 6.07) is 16.6. The lowest BCUT2D eigenvalue weighted by Gasteiger charge is -2.22. The first-order valence-corrected chi connectivity index (χ1v) is 16.5. The minimum atomic E-state index is -0.135. The molecule has 3 atom stereocenters. The van der Waals surface area contributed by atoms with Crippen LogP contribution in [-0.2, 0) is 9.47 Å². The molecule has 0 aliphatic carbocycles. The van der Waals surface area contributed by atoms with E-state index in [4.69, 9.17) is 18.9 Å². The summed E-state index contributed by atoms with van der Waals surface area (Å²) in [7, 11) is 0. The molecule has 252 valence electrons. The van der Waals surface area contributed by atoms with Gasteiger partial charge in [-0.25, -0.2) is 0 Å². The number of aromatic hydroxyl groups is 2. The number of rotatable bonds is 13. The van der Waals surface area contributed by atoms with Gasteiger partial charge in [0.25, 0.3) is 0 Å². The second-order valence-electron chi connectivity index (χ2n) is 13.3. The molecule has 3 unspecified atom stereocenters. The Labute approximate surface area is 281 Å². The predicted octanol–water partition coefficient (Wildman–Crippen LogP) is 9.56. The van der Waals surface area contributed by atoms with Crippen molar-refractivity contribution in [2.75, 3.05) is 19.8 Å². The number of phenolic OH excluding ortho intramolecular Hbond substituents is 2. The smallest absolute Gasteiger partial charge is 0.125 e. The van der Waals surface area contributed by atoms with Crippen molar-refractivity contribution in [3.63, 3.8) is 0 Å². The molecule has 0 aliphatic heterocycles. The van der Waals surface area contributed by atoms with Crippen LogP contribution in [0, 0.1) is 55.4 Å². The third-order valence-corrected chi connectivity index (χ3v) is 8.53. The lowest BCUT2D eigenvalue weighted by atomic mass is 9.96. The average Bonchev–Trinajstić information content (AvgIpc) is 3.00. The van der Waals surface area contributed by atoms with E-state index in [0.29, 0.717) is 31.3 Å². The van der Waals surface area contributed by atoms with Crippen LogP contribution in [0.5, 0.6) is 23.0 Å². The Bertz CT molecular complexity index is 1630. The fourth-order valence-electron chi connectivity index (χ4n) is 6.07. The fraction of sp³-hybridized carbons (Fsp3) is 0.415. The van der Waals surface area contributed by atoms with Crippen LogP contribution in [-0.4, -0.2) is 48.3 Å². The van der Waals surface area contributed by atoms with Gasteiger partial charge in [0, 0.05) is 0 Å². The molecule has 6 heteroatoms. The molecule has 0 saturated heterocycles. The zero-order valence-corrected chi connectivity index (χ0v) is 30.0. The Morgan fingerprint density at radius 1 is 0.426 bits per heavy atom. The Kier molecular flexibility index (Phi) is 11.6. The van der Waals surface area contributed by atoms with Crippen molar-refractivity contribution in [3.05, 3.63) is 93.0 Å². The lowest BCUT2D eigenvalue weighted by molar-refractivity contribution is -0.0431. The van der Waals surface area contributed by atoms with Crippen LogP contribution in [0.25, 0.3) is 22.3 Å². The van der Waals surface area contributed by atoms with Crippen LogP contribution in [0.4, 0.5) is 0 Å². The van der Waals surface area contributed by atoms with Gasteiger partial charge < -0.3 is 29.2 Å². The Hall–Kier alpha value is -4.00. The number of hydrogen-bond donors (Lipinski definition) is 2. The first-order valence-electron chi connectivity index (χ1n) is 16.5. The topological polar surface area (TPSA) is 77.4 Å². The highest BCUT2D eigenvalue weighted by molar-refractivity contribution is 5.71. The molecule has 0 aliphatic rings. The number of phenols is 2. The molecule has 0 bridgehead atoms. The van der Waals surface area contributed by atoms with E-state index in [2.05, 4.69) is 52.0 Å². The molecule has 6 nitrogen and oxygen atoms in total. The summed E-state index contributed by atoms with van der Waals surface area (Å²) in [5, 5.41) is 20.3. The number of hydrogen-bond acceptors (Lipinski definition) is 6. The van der Waals surface area contributed by atoms with Crippen molar-refractivity contribution < 1.29 is 29.2 Å². The van der Waals surface area contributed by atoms with Gasteiger partial charge in [-0.2, -0.15) is 0 Å². The molecular formula is C41H52O6. The number of ether oxygens (including phenoxy) is 4. The quantitative estimate of drug-likeness (QED) is 0.152. The monoisotopic (exact) mass is 640 g/mol. The molecule has 0 radical (unpaired) electrons. The molecular weight excluding hydrogens is 588 g/mol. The molecule has 0 heterocycles. The van der Waals surface area contributed by atoms with E-state index >= 15 is 0 Å². The van der Waals surface area contributed by atoms with E-state index in [1.807, 2.05) is 72.7 Å². The first-order chi connectivity index (χ1) is 22.1. The lowest BCUT2D eigenvalue weighted by Crippen LogP contribution is -2.27. The van der Waals surface area contributed by atoms with Gasteiger partial charge in [0.05, 0.1) is 25.9 Å². The van der Waals surface area contributed by atoms with E-state index in [0.717, 1.165) is 78.3 Å². The van der Waals surface area contributed by atoms with E-state index in [1.165, 1.54) is 0 Å². The summed E-state index contributed by atoms with van der Waals surface area (Å²) < 4.78 is 24.7. The summed E-state index contributed by atoms with van der Waals surface area (Å²) in [6.07, 6.45) is -0.364. The highest BCUT2D eigenvalue weighted by Gasteiger charge is 2.16. The molecule has 0 spiro atoms. The van der Waals surface area contributed by atoms with Gasteiger partial charge >= 0.3 is 0 Å². The van der Waals surface area contributed by atoms with Crippen LogP contribution in [0.2, 0.25) is 0 Å². The van der Waals surface area contributed by atoms with Gasteiger partial charge in [-0.15, -0.1) is 0 Å². The van der Waals surface area contributed by atoms with Gasteiger partial charge in [0.2, 0.25) is 0 Å². The zero-order chi connectivity index (χ0) is 34.6. The van der Waals surface area contributed by atoms with Crippen LogP contribution >= 0.6 is 0 Å². The second-order valence-corrected chi connectivity index (χ2v) is 13.3. The summed E-state index contributed by atoms with van der Waals surface area (Å²) >= 11 is 0. The Morgan fingerprint density at radius 2 is 0.702 bits per heavy atom. The summed E-state index contributed by atoms with van der Waals surface area (Å²) in [5.74, 6) is 2.45. The molecule has 0 saturated carbocycles. The highest BCUT2D eigenvalue weighted by Crippen LogP contribution is 2.35. The molecule has 0 amide bonds. The van der Waals surface area contributed by atoms with Gasteiger partial charge in [-0.05, 0) is 191 Å². The fourth-order valence-corrected chi connectivity index (χ4v) is 6.07. The summed E-state index contributed by atoms with van der Waals surface area (Å²) in [6.45, 7) is 23.3. The molecule has 2 N–H and O–H groups in total. The highest BCUT2D eigenvalue weighted by atomic mass is 16.6. The van der Waals surface area contributed by atoms with Gasteiger partial charge in [-0.1, -0.05) is 0 Å². The van der Waals surface area contributed by atoms with Crippen molar-refractivity contribution in [1.82, 2.24) is 0 Å². The average molecular weight is 641 g/mol. The maximum atomic E-state index is 10.2. The molecule has 4 rings (SSSR count). The van der Waals surface area contributed by atoms with E-state index in [9.17, 15) is 10.2 Å². The second kappa shape index (κ2) is 15.3. The van der Waals surface area contributed by atoms with Crippen molar-refractivity contribution in [2.45, 2.75) is 94.5 Å². The van der Waals surface area contributed by atoms with Crippen molar-refractivity contribution in [2.24, 2.45) is 0 Å². The van der Waals surface area contributed by atoms with E-state index in [-0.39, 0.29) is 18.3 Å². The summed E-state index contributed by atoms with van der Waals surface area (Å²) in [4.78, 5) is 0. The molecule has 47 heavy (non-hydrogen) atoms. The van der Waals surface area contributed by atoms with Crippen LogP contribution in [0.1, 0.15) is 65.3 Å². The Balaban J connectivity index is 1.25. The van der Waals surface area contributed by atoms with Gasteiger partial charge in [-0.3, -0.25) is 0 Å². The third-order valence-electron chi connectivity index (χ3n) is 8.53. The standard InChI is InChI=1S/C41H52O6/c1-23-12-34(13-24(2)38(23)42)36-16-27(5)40(28(6)17-36)46-32(10)21-44-20-31(9)45-22-33(11)47-41-29(7)18-37(19-30(41)8)35-14-25(3)39(43)26(4)15-35/h12-19,31-33,42-43H,20-22H2,1-11H3. The largest absolute Gasteiger partial charge is 0.507 e.